The van der Waals surface area contributed by atoms with Crippen molar-refractivity contribution < 1.29 is 13.6 Å². The van der Waals surface area contributed by atoms with Crippen molar-refractivity contribution in [3.05, 3.63) is 60.2 Å². The molecule has 0 aliphatic carbocycles. The van der Waals surface area contributed by atoms with Gasteiger partial charge in [-0.25, -0.2) is 8.78 Å². The van der Waals surface area contributed by atoms with E-state index in [0.29, 0.717) is 0 Å². The fourth-order valence-electron chi connectivity index (χ4n) is 1.57. The summed E-state index contributed by atoms with van der Waals surface area (Å²) >= 11 is 1.28. The van der Waals surface area contributed by atoms with Gasteiger partial charge < -0.3 is 5.32 Å². The van der Waals surface area contributed by atoms with Gasteiger partial charge in [-0.2, -0.15) is 0 Å². The van der Waals surface area contributed by atoms with E-state index in [-0.39, 0.29) is 17.4 Å². The molecule has 5 heteroatoms. The normalized spacial score (nSPS) is 11.9. The Kier molecular flexibility index (Phi) is 4.74. The Morgan fingerprint density at radius 3 is 2.40 bits per heavy atom. The Balaban J connectivity index is 1.99. The minimum atomic E-state index is -0.472. The Labute approximate surface area is 120 Å². The summed E-state index contributed by atoms with van der Waals surface area (Å²) in [5, 5.41) is 2.12. The molecule has 1 atom stereocenters. The molecule has 0 saturated heterocycles. The summed E-state index contributed by atoms with van der Waals surface area (Å²) in [6, 6.07) is 11.9. The molecule has 0 spiro atoms. The lowest BCUT2D eigenvalue weighted by atomic mass is 10.3. The molecule has 0 aromatic heterocycles. The number of carbonyl (C=O) groups excluding carboxylic acids is 1. The Morgan fingerprint density at radius 2 is 1.75 bits per heavy atom. The number of benzene rings is 2. The first-order chi connectivity index (χ1) is 9.56. The van der Waals surface area contributed by atoms with E-state index in [1.165, 1.54) is 36.0 Å². The standard InChI is InChI=1S/C15H13F2NOS/c1-10(20-12-8-6-11(16)7-9-12)15(19)18-14-5-3-2-4-13(14)17/h2-10H,1H3,(H,18,19)/t10-/m0/s1. The fourth-order valence-corrected chi connectivity index (χ4v) is 2.44. The van der Waals surface area contributed by atoms with Crippen LogP contribution in [0.3, 0.4) is 0 Å². The maximum absolute atomic E-state index is 13.4. The lowest BCUT2D eigenvalue weighted by molar-refractivity contribution is -0.115. The first-order valence-electron chi connectivity index (χ1n) is 6.04. The van der Waals surface area contributed by atoms with Crippen LogP contribution in [0.4, 0.5) is 14.5 Å². The monoisotopic (exact) mass is 293 g/mol. The molecule has 2 nitrogen and oxygen atoms in total. The fraction of sp³-hybridized carbons (Fsp3) is 0.133. The lowest BCUT2D eigenvalue weighted by Gasteiger charge is -2.12. The zero-order chi connectivity index (χ0) is 14.5. The van der Waals surface area contributed by atoms with Crippen LogP contribution in [0, 0.1) is 11.6 Å². The molecular weight excluding hydrogens is 280 g/mol. The second-order valence-corrected chi connectivity index (χ2v) is 5.60. The summed E-state index contributed by atoms with van der Waals surface area (Å²) in [6.45, 7) is 1.71. The predicted octanol–water partition coefficient (Wildman–Crippen LogP) is 4.08. The third-order valence-corrected chi connectivity index (χ3v) is 3.74. The highest BCUT2D eigenvalue weighted by Crippen LogP contribution is 2.24. The molecule has 0 radical (unpaired) electrons. The molecule has 0 fully saturated rings. The second-order valence-electron chi connectivity index (χ2n) is 4.18. The Hall–Kier alpha value is -1.88. The number of anilines is 1. The van der Waals surface area contributed by atoms with E-state index in [1.54, 1.807) is 31.2 Å². The van der Waals surface area contributed by atoms with Crippen LogP contribution in [0.5, 0.6) is 0 Å². The van der Waals surface area contributed by atoms with Gasteiger partial charge >= 0.3 is 0 Å². The molecule has 20 heavy (non-hydrogen) atoms. The van der Waals surface area contributed by atoms with Gasteiger partial charge in [0.15, 0.2) is 0 Å². The number of halogens is 2. The SMILES string of the molecule is C[C@H](Sc1ccc(F)cc1)C(=O)Nc1ccccc1F. The molecular formula is C15H13F2NOS. The van der Waals surface area contributed by atoms with Crippen molar-refractivity contribution in [3.63, 3.8) is 0 Å². The molecule has 2 aromatic rings. The lowest BCUT2D eigenvalue weighted by Crippen LogP contribution is -2.22. The minimum Gasteiger partial charge on any atom is -0.323 e. The van der Waals surface area contributed by atoms with Crippen LogP contribution in [0.15, 0.2) is 53.4 Å². The van der Waals surface area contributed by atoms with Crippen LogP contribution in [0.1, 0.15) is 6.92 Å². The van der Waals surface area contributed by atoms with Gasteiger partial charge in [-0.05, 0) is 43.3 Å². The van der Waals surface area contributed by atoms with Crippen molar-refractivity contribution in [1.29, 1.82) is 0 Å². The molecule has 0 aliphatic heterocycles. The largest absolute Gasteiger partial charge is 0.323 e. The molecule has 0 heterocycles. The second kappa shape index (κ2) is 6.52. The smallest absolute Gasteiger partial charge is 0.237 e. The quantitative estimate of drug-likeness (QED) is 0.860. The zero-order valence-corrected chi connectivity index (χ0v) is 11.6. The molecule has 0 saturated carbocycles. The molecule has 0 aliphatic rings. The van der Waals surface area contributed by atoms with Gasteiger partial charge in [0.2, 0.25) is 5.91 Å². The minimum absolute atomic E-state index is 0.157. The average Bonchev–Trinajstić information content (AvgIpc) is 2.44. The van der Waals surface area contributed by atoms with Gasteiger partial charge in [0.25, 0.3) is 0 Å². The molecule has 2 aromatic carbocycles. The van der Waals surface area contributed by atoms with Crippen molar-refractivity contribution in [2.75, 3.05) is 5.32 Å². The van der Waals surface area contributed by atoms with Gasteiger partial charge in [0, 0.05) is 4.90 Å². The highest BCUT2D eigenvalue weighted by atomic mass is 32.2. The average molecular weight is 293 g/mol. The number of nitrogens with one attached hydrogen (secondary N) is 1. The van der Waals surface area contributed by atoms with E-state index in [9.17, 15) is 13.6 Å². The first-order valence-corrected chi connectivity index (χ1v) is 6.92. The van der Waals surface area contributed by atoms with E-state index in [1.807, 2.05) is 0 Å². The molecule has 104 valence electrons. The van der Waals surface area contributed by atoms with Crippen molar-refractivity contribution in [2.45, 2.75) is 17.1 Å². The third-order valence-electron chi connectivity index (χ3n) is 2.63. The Morgan fingerprint density at radius 1 is 1.10 bits per heavy atom. The number of hydrogen-bond acceptors (Lipinski definition) is 2. The first kappa shape index (κ1) is 14.5. The molecule has 2 rings (SSSR count). The Bertz CT molecular complexity index is 601. The summed E-state index contributed by atoms with van der Waals surface area (Å²) in [5.41, 5.74) is 0.157. The number of rotatable bonds is 4. The summed E-state index contributed by atoms with van der Waals surface area (Å²) in [4.78, 5) is 12.7. The van der Waals surface area contributed by atoms with E-state index in [4.69, 9.17) is 0 Å². The molecule has 1 N–H and O–H groups in total. The highest BCUT2D eigenvalue weighted by molar-refractivity contribution is 8.00. The van der Waals surface area contributed by atoms with Crippen LogP contribution in [-0.2, 0) is 4.79 Å². The molecule has 0 bridgehead atoms. The van der Waals surface area contributed by atoms with E-state index in [0.717, 1.165) is 4.90 Å². The number of thioether (sulfide) groups is 1. The van der Waals surface area contributed by atoms with Gasteiger partial charge in [-0.15, -0.1) is 11.8 Å². The van der Waals surface area contributed by atoms with Crippen molar-refractivity contribution in [2.24, 2.45) is 0 Å². The maximum atomic E-state index is 13.4. The zero-order valence-electron chi connectivity index (χ0n) is 10.8. The van der Waals surface area contributed by atoms with E-state index >= 15 is 0 Å². The predicted molar refractivity (Wildman–Crippen MR) is 76.7 cm³/mol. The summed E-state index contributed by atoms with van der Waals surface area (Å²) in [5.74, 6) is -1.10. The summed E-state index contributed by atoms with van der Waals surface area (Å²) in [7, 11) is 0. The van der Waals surface area contributed by atoms with Crippen LogP contribution in [0.25, 0.3) is 0 Å². The van der Waals surface area contributed by atoms with Crippen molar-refractivity contribution in [1.82, 2.24) is 0 Å². The number of carbonyl (C=O) groups is 1. The third kappa shape index (κ3) is 3.81. The number of para-hydroxylation sites is 1. The van der Waals surface area contributed by atoms with Gasteiger partial charge in [0.1, 0.15) is 11.6 Å². The van der Waals surface area contributed by atoms with Crippen LogP contribution >= 0.6 is 11.8 Å². The van der Waals surface area contributed by atoms with Crippen LogP contribution in [0.2, 0.25) is 0 Å². The molecule has 1 amide bonds. The maximum Gasteiger partial charge on any atom is 0.237 e. The van der Waals surface area contributed by atoms with Crippen LogP contribution < -0.4 is 5.32 Å². The highest BCUT2D eigenvalue weighted by Gasteiger charge is 2.15. The summed E-state index contributed by atoms with van der Waals surface area (Å²) in [6.07, 6.45) is 0. The number of amides is 1. The van der Waals surface area contributed by atoms with Gasteiger partial charge in [0.05, 0.1) is 10.9 Å². The van der Waals surface area contributed by atoms with Crippen LogP contribution in [-0.4, -0.2) is 11.2 Å². The van der Waals surface area contributed by atoms with Gasteiger partial charge in [-0.1, -0.05) is 12.1 Å². The van der Waals surface area contributed by atoms with Crippen molar-refractivity contribution in [3.8, 4) is 0 Å². The number of hydrogen-bond donors (Lipinski definition) is 1. The van der Waals surface area contributed by atoms with Gasteiger partial charge in [-0.3, -0.25) is 4.79 Å². The summed E-state index contributed by atoms with van der Waals surface area (Å²) < 4.78 is 26.2. The van der Waals surface area contributed by atoms with E-state index in [2.05, 4.69) is 5.32 Å². The van der Waals surface area contributed by atoms with Crippen molar-refractivity contribution >= 4 is 23.4 Å². The van der Waals surface area contributed by atoms with E-state index < -0.39 is 11.1 Å². The molecule has 0 unspecified atom stereocenters. The topological polar surface area (TPSA) is 29.1 Å².